The minimum absolute atomic E-state index is 0.108. The average Bonchev–Trinajstić information content (AvgIpc) is 2.67. The summed E-state index contributed by atoms with van der Waals surface area (Å²) in [6.07, 6.45) is 0.805. The lowest BCUT2D eigenvalue weighted by Gasteiger charge is -2.18. The van der Waals surface area contributed by atoms with Crippen LogP contribution in [0.15, 0.2) is 42.6 Å². The first-order chi connectivity index (χ1) is 12.9. The normalized spacial score (nSPS) is 12.6. The third-order valence-electron chi connectivity index (χ3n) is 3.57. The number of carbonyl (C=O) groups is 2. The molecule has 2 aromatic rings. The van der Waals surface area contributed by atoms with Gasteiger partial charge in [0.15, 0.2) is 17.2 Å². The monoisotopic (exact) mass is 374 g/mol. The quantitative estimate of drug-likeness (QED) is 0.680. The molecule has 8 heteroatoms. The number of ether oxygens (including phenoxy) is 3. The standard InChI is InChI=1S/C19H22N2O6/c1-12(11-26-14-7-5-4-6-8-14)27-19(24)13(2)21-18(23)16-17(22)15(25-3)9-10-20-16/h4-10,12-13,22H,11H2,1-3H3,(H,21,23)/t12-,13-/m0/s1. The van der Waals surface area contributed by atoms with Crippen LogP contribution in [0, 0.1) is 0 Å². The van der Waals surface area contributed by atoms with Gasteiger partial charge in [0.1, 0.15) is 24.5 Å². The molecule has 0 radical (unpaired) electrons. The van der Waals surface area contributed by atoms with Crippen molar-refractivity contribution in [2.45, 2.75) is 26.0 Å². The van der Waals surface area contributed by atoms with Gasteiger partial charge in [0.2, 0.25) is 0 Å². The predicted octanol–water partition coefficient (Wildman–Crippen LogP) is 1.92. The molecule has 0 bridgehead atoms. The van der Waals surface area contributed by atoms with E-state index in [0.717, 1.165) is 0 Å². The number of amides is 1. The highest BCUT2D eigenvalue weighted by molar-refractivity contribution is 5.97. The van der Waals surface area contributed by atoms with Gasteiger partial charge in [-0.1, -0.05) is 18.2 Å². The van der Waals surface area contributed by atoms with E-state index in [2.05, 4.69) is 10.3 Å². The predicted molar refractivity (Wildman–Crippen MR) is 96.9 cm³/mol. The third-order valence-corrected chi connectivity index (χ3v) is 3.57. The summed E-state index contributed by atoms with van der Waals surface area (Å²) in [5.41, 5.74) is -0.241. The molecule has 1 amide bonds. The van der Waals surface area contributed by atoms with Crippen molar-refractivity contribution < 1.29 is 28.9 Å². The summed E-state index contributed by atoms with van der Waals surface area (Å²) >= 11 is 0. The fraction of sp³-hybridized carbons (Fsp3) is 0.316. The number of aromatic nitrogens is 1. The molecule has 0 saturated carbocycles. The molecule has 2 rings (SSSR count). The van der Waals surface area contributed by atoms with Crippen LogP contribution in [-0.4, -0.2) is 47.8 Å². The van der Waals surface area contributed by atoms with Crippen molar-refractivity contribution in [2.24, 2.45) is 0 Å². The zero-order chi connectivity index (χ0) is 19.8. The summed E-state index contributed by atoms with van der Waals surface area (Å²) in [5.74, 6) is -0.972. The van der Waals surface area contributed by atoms with Crippen LogP contribution in [0.1, 0.15) is 24.3 Å². The number of hydrogen-bond acceptors (Lipinski definition) is 7. The number of nitrogens with one attached hydrogen (secondary N) is 1. The van der Waals surface area contributed by atoms with Gasteiger partial charge in [0.25, 0.3) is 5.91 Å². The average molecular weight is 374 g/mol. The van der Waals surface area contributed by atoms with Crippen molar-refractivity contribution in [1.82, 2.24) is 10.3 Å². The van der Waals surface area contributed by atoms with Gasteiger partial charge in [-0.15, -0.1) is 0 Å². The molecule has 144 valence electrons. The molecule has 2 N–H and O–H groups in total. The molecular formula is C19H22N2O6. The van der Waals surface area contributed by atoms with Crippen LogP contribution < -0.4 is 14.8 Å². The first-order valence-electron chi connectivity index (χ1n) is 8.33. The molecule has 0 unspecified atom stereocenters. The zero-order valence-electron chi connectivity index (χ0n) is 15.3. The molecule has 27 heavy (non-hydrogen) atoms. The Bertz CT molecular complexity index is 781. The molecule has 0 saturated heterocycles. The summed E-state index contributed by atoms with van der Waals surface area (Å²) in [5, 5.41) is 12.4. The van der Waals surface area contributed by atoms with E-state index < -0.39 is 29.8 Å². The molecule has 1 heterocycles. The Hall–Kier alpha value is -3.29. The van der Waals surface area contributed by atoms with Gasteiger partial charge in [-0.3, -0.25) is 4.79 Å². The zero-order valence-corrected chi connectivity index (χ0v) is 15.3. The van der Waals surface area contributed by atoms with Crippen molar-refractivity contribution in [3.05, 3.63) is 48.3 Å². The molecule has 0 aliphatic rings. The Morgan fingerprint density at radius 1 is 1.19 bits per heavy atom. The number of esters is 1. The summed E-state index contributed by atoms with van der Waals surface area (Å²) in [6, 6.07) is 9.62. The molecule has 1 aromatic carbocycles. The first-order valence-corrected chi connectivity index (χ1v) is 8.33. The van der Waals surface area contributed by atoms with E-state index in [9.17, 15) is 14.7 Å². The van der Waals surface area contributed by atoms with E-state index in [4.69, 9.17) is 14.2 Å². The van der Waals surface area contributed by atoms with Gasteiger partial charge < -0.3 is 24.6 Å². The fourth-order valence-electron chi connectivity index (χ4n) is 2.16. The lowest BCUT2D eigenvalue weighted by molar-refractivity contribution is -0.151. The molecule has 0 spiro atoms. The van der Waals surface area contributed by atoms with E-state index in [1.54, 1.807) is 19.1 Å². The van der Waals surface area contributed by atoms with Gasteiger partial charge in [-0.05, 0) is 26.0 Å². The van der Waals surface area contributed by atoms with Gasteiger partial charge in [-0.2, -0.15) is 0 Å². The van der Waals surface area contributed by atoms with Gasteiger partial charge in [-0.25, -0.2) is 9.78 Å². The van der Waals surface area contributed by atoms with E-state index in [1.807, 2.05) is 18.2 Å². The number of para-hydroxylation sites is 1. The highest BCUT2D eigenvalue weighted by Crippen LogP contribution is 2.27. The largest absolute Gasteiger partial charge is 0.503 e. The molecule has 0 aliphatic heterocycles. The van der Waals surface area contributed by atoms with Crippen molar-refractivity contribution in [3.63, 3.8) is 0 Å². The van der Waals surface area contributed by atoms with Crippen molar-refractivity contribution >= 4 is 11.9 Å². The van der Waals surface area contributed by atoms with Crippen LogP contribution in [-0.2, 0) is 9.53 Å². The van der Waals surface area contributed by atoms with Gasteiger partial charge in [0, 0.05) is 12.3 Å². The van der Waals surface area contributed by atoms with Crippen LogP contribution in [0.5, 0.6) is 17.2 Å². The van der Waals surface area contributed by atoms with Crippen LogP contribution in [0.2, 0.25) is 0 Å². The van der Waals surface area contributed by atoms with Gasteiger partial charge in [0.05, 0.1) is 7.11 Å². The first kappa shape index (κ1) is 20.0. The smallest absolute Gasteiger partial charge is 0.328 e. The number of hydrogen-bond donors (Lipinski definition) is 2. The van der Waals surface area contributed by atoms with Crippen molar-refractivity contribution in [1.29, 1.82) is 0 Å². The van der Waals surface area contributed by atoms with Crippen molar-refractivity contribution in [3.8, 4) is 17.2 Å². The number of carbonyl (C=O) groups excluding carboxylic acids is 2. The summed E-state index contributed by atoms with van der Waals surface area (Å²) in [4.78, 5) is 28.2. The topological polar surface area (TPSA) is 107 Å². The molecular weight excluding hydrogens is 352 g/mol. The third kappa shape index (κ3) is 5.60. The molecule has 0 aliphatic carbocycles. The summed E-state index contributed by atoms with van der Waals surface area (Å²) in [7, 11) is 1.36. The maximum absolute atomic E-state index is 12.2. The lowest BCUT2D eigenvalue weighted by atomic mass is 10.2. The molecule has 0 fully saturated rings. The summed E-state index contributed by atoms with van der Waals surface area (Å²) in [6.45, 7) is 3.34. The Labute approximate surface area is 157 Å². The fourth-order valence-corrected chi connectivity index (χ4v) is 2.16. The number of aromatic hydroxyl groups is 1. The Kier molecular flexibility index (Phi) is 6.99. The van der Waals surface area contributed by atoms with E-state index in [-0.39, 0.29) is 18.1 Å². The van der Waals surface area contributed by atoms with Crippen LogP contribution >= 0.6 is 0 Å². The minimum Gasteiger partial charge on any atom is -0.503 e. The lowest BCUT2D eigenvalue weighted by Crippen LogP contribution is -2.41. The number of rotatable bonds is 8. The number of methoxy groups -OCH3 is 1. The molecule has 2 atom stereocenters. The summed E-state index contributed by atoms with van der Waals surface area (Å²) < 4.78 is 15.7. The van der Waals surface area contributed by atoms with Gasteiger partial charge >= 0.3 is 5.97 Å². The second-order valence-electron chi connectivity index (χ2n) is 5.78. The highest BCUT2D eigenvalue weighted by Gasteiger charge is 2.23. The van der Waals surface area contributed by atoms with Crippen LogP contribution in [0.3, 0.4) is 0 Å². The molecule has 8 nitrogen and oxygen atoms in total. The Morgan fingerprint density at radius 2 is 1.89 bits per heavy atom. The van der Waals surface area contributed by atoms with E-state index in [0.29, 0.717) is 5.75 Å². The van der Waals surface area contributed by atoms with Crippen LogP contribution in [0.25, 0.3) is 0 Å². The maximum Gasteiger partial charge on any atom is 0.328 e. The van der Waals surface area contributed by atoms with Crippen LogP contribution in [0.4, 0.5) is 0 Å². The molecule has 1 aromatic heterocycles. The number of benzene rings is 1. The second kappa shape index (κ2) is 9.42. The maximum atomic E-state index is 12.2. The number of nitrogens with zero attached hydrogens (tertiary/aromatic N) is 1. The number of pyridine rings is 1. The van der Waals surface area contributed by atoms with E-state index in [1.165, 1.54) is 26.3 Å². The SMILES string of the molecule is COc1ccnc(C(=O)N[C@@H](C)C(=O)O[C@@H](C)COc2ccccc2)c1O. The van der Waals surface area contributed by atoms with Crippen molar-refractivity contribution in [2.75, 3.05) is 13.7 Å². The second-order valence-corrected chi connectivity index (χ2v) is 5.78. The van der Waals surface area contributed by atoms with E-state index >= 15 is 0 Å². The Morgan fingerprint density at radius 3 is 2.56 bits per heavy atom. The minimum atomic E-state index is -0.941. The Balaban J connectivity index is 1.86. The highest BCUT2D eigenvalue weighted by atomic mass is 16.6.